The maximum atomic E-state index is 10.6. The summed E-state index contributed by atoms with van der Waals surface area (Å²) in [4.78, 5) is 2.47. The van der Waals surface area contributed by atoms with E-state index in [9.17, 15) is 5.11 Å². The predicted octanol–water partition coefficient (Wildman–Crippen LogP) is 1.21. The Hall–Kier alpha value is -0.120. The van der Waals surface area contributed by atoms with Crippen LogP contribution in [0, 0.1) is 11.8 Å². The average Bonchev–Trinajstić information content (AvgIpc) is 3.00. The molecule has 0 aromatic heterocycles. The van der Waals surface area contributed by atoms with E-state index in [1.54, 1.807) is 0 Å². The van der Waals surface area contributed by atoms with Crippen molar-refractivity contribution in [1.29, 1.82) is 0 Å². The third-order valence-electron chi connectivity index (χ3n) is 4.35. The largest absolute Gasteiger partial charge is 0.387 e. The second-order valence-corrected chi connectivity index (χ2v) is 6.01. The Morgan fingerprint density at radius 3 is 2.56 bits per heavy atom. The van der Waals surface area contributed by atoms with Crippen LogP contribution in [0.15, 0.2) is 0 Å². The molecule has 1 saturated carbocycles. The fourth-order valence-electron chi connectivity index (χ4n) is 3.14. The van der Waals surface area contributed by atoms with Crippen LogP contribution < -0.4 is 5.73 Å². The van der Waals surface area contributed by atoms with Crippen molar-refractivity contribution < 1.29 is 5.11 Å². The molecule has 1 heterocycles. The lowest BCUT2D eigenvalue weighted by Crippen LogP contribution is -2.52. The van der Waals surface area contributed by atoms with E-state index < -0.39 is 5.60 Å². The van der Waals surface area contributed by atoms with E-state index in [1.807, 2.05) is 0 Å². The number of nitrogens with two attached hydrogens (primary N) is 1. The Bertz CT molecular complexity index is 240. The van der Waals surface area contributed by atoms with Crippen molar-refractivity contribution in [3.8, 4) is 0 Å². The lowest BCUT2D eigenvalue weighted by Gasteiger charge is -2.36. The molecule has 94 valence electrons. The molecule has 3 N–H and O–H groups in total. The third kappa shape index (κ3) is 2.41. The summed E-state index contributed by atoms with van der Waals surface area (Å²) >= 11 is 0. The van der Waals surface area contributed by atoms with Crippen LogP contribution in [0.25, 0.3) is 0 Å². The molecule has 0 amide bonds. The maximum Gasteiger partial charge on any atom is 0.0923 e. The predicted molar refractivity (Wildman–Crippen MR) is 66.2 cm³/mol. The molecule has 1 aliphatic heterocycles. The Labute approximate surface area is 99.0 Å². The van der Waals surface area contributed by atoms with Crippen molar-refractivity contribution >= 4 is 0 Å². The molecule has 0 aromatic carbocycles. The van der Waals surface area contributed by atoms with Gasteiger partial charge >= 0.3 is 0 Å². The first-order chi connectivity index (χ1) is 7.57. The van der Waals surface area contributed by atoms with Gasteiger partial charge in [0, 0.05) is 19.1 Å². The molecule has 2 unspecified atom stereocenters. The van der Waals surface area contributed by atoms with Gasteiger partial charge < -0.3 is 10.8 Å². The number of aliphatic hydroxyl groups is 1. The first-order valence-corrected chi connectivity index (χ1v) is 6.73. The average molecular weight is 226 g/mol. The Morgan fingerprint density at radius 1 is 1.38 bits per heavy atom. The number of likely N-dealkylation sites (tertiary alicyclic amines) is 1. The van der Waals surface area contributed by atoms with Crippen molar-refractivity contribution in [3.05, 3.63) is 0 Å². The Morgan fingerprint density at radius 2 is 2.06 bits per heavy atom. The van der Waals surface area contributed by atoms with Crippen LogP contribution in [0.1, 0.15) is 39.5 Å². The molecule has 2 fully saturated rings. The zero-order valence-corrected chi connectivity index (χ0v) is 10.7. The van der Waals surface area contributed by atoms with Crippen molar-refractivity contribution in [3.63, 3.8) is 0 Å². The van der Waals surface area contributed by atoms with E-state index in [2.05, 4.69) is 18.7 Å². The van der Waals surface area contributed by atoms with Crippen LogP contribution in [0.3, 0.4) is 0 Å². The number of nitrogens with zero attached hydrogens (tertiary/aromatic N) is 1. The molecule has 2 atom stereocenters. The van der Waals surface area contributed by atoms with Gasteiger partial charge in [-0.05, 0) is 44.1 Å². The van der Waals surface area contributed by atoms with Crippen molar-refractivity contribution in [1.82, 2.24) is 4.90 Å². The van der Waals surface area contributed by atoms with Crippen molar-refractivity contribution in [2.75, 3.05) is 19.6 Å². The van der Waals surface area contributed by atoms with Gasteiger partial charge in [0.2, 0.25) is 0 Å². The van der Waals surface area contributed by atoms with Gasteiger partial charge in [-0.1, -0.05) is 13.8 Å². The van der Waals surface area contributed by atoms with Gasteiger partial charge in [0.15, 0.2) is 0 Å². The third-order valence-corrected chi connectivity index (χ3v) is 4.35. The Kier molecular flexibility index (Phi) is 3.57. The van der Waals surface area contributed by atoms with Gasteiger partial charge in [-0.2, -0.15) is 0 Å². The molecule has 0 radical (unpaired) electrons. The first kappa shape index (κ1) is 12.3. The number of hydrogen-bond donors (Lipinski definition) is 2. The summed E-state index contributed by atoms with van der Waals surface area (Å²) < 4.78 is 0. The van der Waals surface area contributed by atoms with Crippen LogP contribution >= 0.6 is 0 Å². The molecule has 3 heteroatoms. The van der Waals surface area contributed by atoms with Gasteiger partial charge in [0.1, 0.15) is 0 Å². The van der Waals surface area contributed by atoms with Crippen LogP contribution in [0.2, 0.25) is 0 Å². The smallest absolute Gasteiger partial charge is 0.0923 e. The number of β-amino-alcohol motifs (C(OH)–C–C–N with tert-alkyl or cyclic N) is 1. The molecule has 0 aromatic rings. The molecule has 3 nitrogen and oxygen atoms in total. The quantitative estimate of drug-likeness (QED) is 0.741. The molecule has 1 aliphatic carbocycles. The summed E-state index contributed by atoms with van der Waals surface area (Å²) in [6.07, 6.45) is 4.87. The fourth-order valence-corrected chi connectivity index (χ4v) is 3.14. The maximum absolute atomic E-state index is 10.6. The second-order valence-electron chi connectivity index (χ2n) is 6.01. The van der Waals surface area contributed by atoms with Crippen LogP contribution in [-0.4, -0.2) is 41.3 Å². The molecular formula is C13H26N2O. The highest BCUT2D eigenvalue weighted by molar-refractivity contribution is 4.99. The first-order valence-electron chi connectivity index (χ1n) is 6.73. The minimum Gasteiger partial charge on any atom is -0.387 e. The SMILES string of the molecule is CC(C)C1CCCN1CC(O)(CN)C1CC1. The summed E-state index contributed by atoms with van der Waals surface area (Å²) in [5.41, 5.74) is 5.16. The fraction of sp³-hybridized carbons (Fsp3) is 1.00. The van der Waals surface area contributed by atoms with E-state index >= 15 is 0 Å². The zero-order valence-electron chi connectivity index (χ0n) is 10.7. The molecule has 2 rings (SSSR count). The van der Waals surface area contributed by atoms with E-state index in [1.165, 1.54) is 12.8 Å². The summed E-state index contributed by atoms with van der Waals surface area (Å²) in [6, 6.07) is 0.650. The Balaban J connectivity index is 1.96. The van der Waals surface area contributed by atoms with Gasteiger partial charge in [-0.25, -0.2) is 0 Å². The lowest BCUT2D eigenvalue weighted by molar-refractivity contribution is -0.0156. The molecule has 16 heavy (non-hydrogen) atoms. The lowest BCUT2D eigenvalue weighted by atomic mass is 9.95. The minimum atomic E-state index is -0.614. The summed E-state index contributed by atoms with van der Waals surface area (Å²) in [5.74, 6) is 1.15. The van der Waals surface area contributed by atoms with Crippen molar-refractivity contribution in [2.45, 2.75) is 51.2 Å². The minimum absolute atomic E-state index is 0.416. The molecule has 0 spiro atoms. The van der Waals surface area contributed by atoms with E-state index in [0.29, 0.717) is 24.4 Å². The van der Waals surface area contributed by atoms with E-state index in [0.717, 1.165) is 25.9 Å². The summed E-state index contributed by atoms with van der Waals surface area (Å²) in [5, 5.41) is 10.6. The highest BCUT2D eigenvalue weighted by Crippen LogP contribution is 2.40. The van der Waals surface area contributed by atoms with Gasteiger partial charge in [0.05, 0.1) is 5.60 Å². The highest BCUT2D eigenvalue weighted by atomic mass is 16.3. The van der Waals surface area contributed by atoms with Crippen molar-refractivity contribution in [2.24, 2.45) is 17.6 Å². The highest BCUT2D eigenvalue weighted by Gasteiger charge is 2.45. The van der Waals surface area contributed by atoms with E-state index in [-0.39, 0.29) is 0 Å². The standard InChI is InChI=1S/C13H26N2O/c1-10(2)12-4-3-7-15(12)9-13(16,8-14)11-5-6-11/h10-12,16H,3-9,14H2,1-2H3. The number of hydrogen-bond acceptors (Lipinski definition) is 3. The summed E-state index contributed by atoms with van der Waals surface area (Å²) in [6.45, 7) is 6.90. The topological polar surface area (TPSA) is 49.5 Å². The van der Waals surface area contributed by atoms with Gasteiger partial charge in [-0.15, -0.1) is 0 Å². The molecule has 1 saturated heterocycles. The molecule has 0 bridgehead atoms. The monoisotopic (exact) mass is 226 g/mol. The summed E-state index contributed by atoms with van der Waals surface area (Å²) in [7, 11) is 0. The van der Waals surface area contributed by atoms with Gasteiger partial charge in [-0.3, -0.25) is 4.90 Å². The number of rotatable bonds is 5. The molecular weight excluding hydrogens is 200 g/mol. The normalized spacial score (nSPS) is 30.9. The molecule has 2 aliphatic rings. The van der Waals surface area contributed by atoms with E-state index in [4.69, 9.17) is 5.73 Å². The van der Waals surface area contributed by atoms with Crippen LogP contribution in [0.4, 0.5) is 0 Å². The van der Waals surface area contributed by atoms with Gasteiger partial charge in [0.25, 0.3) is 0 Å². The second kappa shape index (κ2) is 4.63. The van der Waals surface area contributed by atoms with Crippen LogP contribution in [-0.2, 0) is 0 Å². The zero-order chi connectivity index (χ0) is 11.8. The van der Waals surface area contributed by atoms with Crippen LogP contribution in [0.5, 0.6) is 0 Å².